The fourth-order valence-corrected chi connectivity index (χ4v) is 5.95. The molecule has 2 aromatic heterocycles. The number of ether oxygens (including phenoxy) is 3. The van der Waals surface area contributed by atoms with Gasteiger partial charge in [-0.15, -0.1) is 11.8 Å². The molecule has 1 unspecified atom stereocenters. The number of esters is 1. The second-order valence-corrected chi connectivity index (χ2v) is 11.5. The summed E-state index contributed by atoms with van der Waals surface area (Å²) >= 11 is 14.1. The van der Waals surface area contributed by atoms with Crippen LogP contribution in [0.25, 0.3) is 0 Å². The number of aromatic nitrogens is 2. The summed E-state index contributed by atoms with van der Waals surface area (Å²) < 4.78 is 42.7. The van der Waals surface area contributed by atoms with Gasteiger partial charge in [0.1, 0.15) is 21.8 Å². The molecule has 0 spiro atoms. The van der Waals surface area contributed by atoms with E-state index in [2.05, 4.69) is 14.7 Å². The molecule has 1 saturated carbocycles. The largest absolute Gasteiger partial charge is 0.870 e. The lowest BCUT2D eigenvalue weighted by Gasteiger charge is -2.26. The number of amides is 1. The smallest absolute Gasteiger partial charge is 0.387 e. The van der Waals surface area contributed by atoms with Crippen molar-refractivity contribution < 1.29 is 43.0 Å². The zero-order valence-corrected chi connectivity index (χ0v) is 25.9. The van der Waals surface area contributed by atoms with Crippen molar-refractivity contribution >= 4 is 60.3 Å². The van der Waals surface area contributed by atoms with Gasteiger partial charge < -0.3 is 24.6 Å². The predicted octanol–water partition coefficient (Wildman–Crippen LogP) is 5.57. The van der Waals surface area contributed by atoms with Crippen LogP contribution < -0.4 is 14.5 Å². The Hall–Kier alpha value is -2.84. The van der Waals surface area contributed by atoms with Gasteiger partial charge in [0.15, 0.2) is 29.3 Å². The maximum Gasteiger partial charge on any atom is 0.387 e. The number of hydrogen-bond acceptors (Lipinski definition) is 8. The number of benzene rings is 1. The highest BCUT2D eigenvalue weighted by Crippen LogP contribution is 2.38. The highest BCUT2D eigenvalue weighted by Gasteiger charge is 2.38. The Morgan fingerprint density at radius 3 is 2.51 bits per heavy atom. The number of halogens is 4. The van der Waals surface area contributed by atoms with Crippen LogP contribution in [0.4, 0.5) is 8.78 Å². The average Bonchev–Trinajstić information content (AvgIpc) is 3.66. The van der Waals surface area contributed by atoms with E-state index in [1.165, 1.54) is 41.1 Å². The summed E-state index contributed by atoms with van der Waals surface area (Å²) in [5.74, 6) is -0.164. The van der Waals surface area contributed by atoms with Crippen molar-refractivity contribution in [1.29, 1.82) is 0 Å². The van der Waals surface area contributed by atoms with Crippen molar-refractivity contribution in [2.24, 2.45) is 5.92 Å². The number of aromatic amines is 1. The third kappa shape index (κ3) is 8.85. The second-order valence-electron chi connectivity index (χ2n) is 9.54. The molecule has 1 aliphatic heterocycles. The van der Waals surface area contributed by atoms with Crippen molar-refractivity contribution in [2.75, 3.05) is 18.9 Å². The van der Waals surface area contributed by atoms with Gasteiger partial charge in [0.25, 0.3) is 5.91 Å². The molecule has 15 heteroatoms. The lowest BCUT2D eigenvalue weighted by Crippen LogP contribution is -2.41. The van der Waals surface area contributed by atoms with Crippen molar-refractivity contribution in [3.8, 4) is 11.5 Å². The average molecular weight is 677 g/mol. The molecule has 2 aliphatic rings. The zero-order valence-electron chi connectivity index (χ0n) is 22.6. The van der Waals surface area contributed by atoms with Gasteiger partial charge in [-0.1, -0.05) is 35.3 Å². The monoisotopic (exact) mass is 675 g/mol. The van der Waals surface area contributed by atoms with Gasteiger partial charge in [0.2, 0.25) is 0 Å². The molecule has 0 radical (unpaired) electrons. The summed E-state index contributed by atoms with van der Waals surface area (Å²) in [7, 11) is 0. The fourth-order valence-electron chi connectivity index (χ4n) is 4.32. The number of nitrogens with one attached hydrogen (secondary N) is 1. The fraction of sp³-hybridized carbons (Fsp3) is 0.357. The van der Waals surface area contributed by atoms with E-state index in [-0.39, 0.29) is 48.5 Å². The van der Waals surface area contributed by atoms with E-state index in [9.17, 15) is 18.4 Å². The van der Waals surface area contributed by atoms with Crippen LogP contribution in [0.15, 0.2) is 55.0 Å². The van der Waals surface area contributed by atoms with Crippen molar-refractivity contribution in [3.05, 3.63) is 81.9 Å². The number of nitrogens with zero attached hydrogens (tertiary/aromatic N) is 2. The Morgan fingerprint density at radius 1 is 1.12 bits per heavy atom. The SMILES string of the molecule is O=C(O[C@@H](Cc1c(Cl)c[nH+]cc1Cl)c1ccc(OC(F)F)c(OCC2CC2)c1)C1SCCN1C(=O)c1ccccn1.S.[OH-]. The maximum absolute atomic E-state index is 13.6. The minimum absolute atomic E-state index is 0. The Balaban J connectivity index is 0.00000253. The summed E-state index contributed by atoms with van der Waals surface area (Å²) in [6, 6.07) is 9.38. The van der Waals surface area contributed by atoms with Gasteiger partial charge in [0.05, 0.1) is 6.61 Å². The molecule has 43 heavy (non-hydrogen) atoms. The number of carbonyl (C=O) groups excluding carboxylic acids is 2. The van der Waals surface area contributed by atoms with Crippen LogP contribution in [0.2, 0.25) is 10.0 Å². The maximum atomic E-state index is 13.6. The van der Waals surface area contributed by atoms with Crippen LogP contribution >= 0.6 is 48.5 Å². The molecule has 3 aromatic rings. The van der Waals surface area contributed by atoms with Crippen molar-refractivity contribution in [2.45, 2.75) is 37.4 Å². The highest BCUT2D eigenvalue weighted by molar-refractivity contribution is 8.00. The third-order valence-electron chi connectivity index (χ3n) is 6.61. The number of carbonyl (C=O) groups is 2. The minimum atomic E-state index is -3.04. The molecule has 1 amide bonds. The van der Waals surface area contributed by atoms with Crippen LogP contribution in [-0.4, -0.2) is 58.1 Å². The van der Waals surface area contributed by atoms with E-state index in [1.54, 1.807) is 30.6 Å². The van der Waals surface area contributed by atoms with Crippen molar-refractivity contribution in [1.82, 2.24) is 9.88 Å². The molecule has 5 rings (SSSR count). The number of H-pyrrole nitrogens is 1. The van der Waals surface area contributed by atoms with E-state index in [0.29, 0.717) is 46.0 Å². The minimum Gasteiger partial charge on any atom is -0.870 e. The normalized spacial score (nSPS) is 16.6. The molecule has 1 saturated heterocycles. The molecule has 3 heterocycles. The summed E-state index contributed by atoms with van der Waals surface area (Å²) in [5.41, 5.74) is 1.19. The van der Waals surface area contributed by atoms with E-state index in [1.807, 2.05) is 0 Å². The first-order chi connectivity index (χ1) is 19.8. The van der Waals surface area contributed by atoms with Gasteiger partial charge in [-0.05, 0) is 48.6 Å². The molecule has 2 fully saturated rings. The van der Waals surface area contributed by atoms with Crippen LogP contribution in [-0.2, 0) is 16.0 Å². The molecule has 9 nitrogen and oxygen atoms in total. The van der Waals surface area contributed by atoms with Gasteiger partial charge in [-0.25, -0.2) is 9.78 Å². The first-order valence-electron chi connectivity index (χ1n) is 12.9. The summed E-state index contributed by atoms with van der Waals surface area (Å²) in [6.45, 7) is -2.35. The number of thioether (sulfide) groups is 1. The van der Waals surface area contributed by atoms with E-state index in [0.717, 1.165) is 12.8 Å². The lowest BCUT2D eigenvalue weighted by atomic mass is 10.0. The van der Waals surface area contributed by atoms with Crippen LogP contribution in [0, 0.1) is 5.92 Å². The Bertz CT molecular complexity index is 1390. The molecular formula is C28H29Cl2F2N3O6S2. The molecule has 232 valence electrons. The van der Waals surface area contributed by atoms with Crippen LogP contribution in [0.3, 0.4) is 0 Å². The number of pyridine rings is 2. The highest BCUT2D eigenvalue weighted by atomic mass is 35.5. The van der Waals surface area contributed by atoms with E-state index >= 15 is 0 Å². The van der Waals surface area contributed by atoms with E-state index in [4.69, 9.17) is 32.7 Å². The molecular weight excluding hydrogens is 647 g/mol. The van der Waals surface area contributed by atoms with Crippen LogP contribution in [0.5, 0.6) is 11.5 Å². The Morgan fingerprint density at radius 2 is 1.86 bits per heavy atom. The second kappa shape index (κ2) is 15.8. The topological polar surface area (TPSA) is 122 Å². The molecule has 1 aliphatic carbocycles. The summed E-state index contributed by atoms with van der Waals surface area (Å²) in [6.07, 6.45) is 5.73. The number of rotatable bonds is 11. The predicted molar refractivity (Wildman–Crippen MR) is 161 cm³/mol. The molecule has 2 N–H and O–H groups in total. The zero-order chi connectivity index (χ0) is 28.9. The molecule has 0 bridgehead atoms. The first kappa shape index (κ1) is 34.6. The Kier molecular flexibility index (Phi) is 12.7. The van der Waals surface area contributed by atoms with E-state index < -0.39 is 24.1 Å². The van der Waals surface area contributed by atoms with Gasteiger partial charge >= 0.3 is 12.6 Å². The van der Waals surface area contributed by atoms with Gasteiger partial charge in [-0.2, -0.15) is 22.3 Å². The molecule has 1 aromatic carbocycles. The lowest BCUT2D eigenvalue weighted by molar-refractivity contribution is -0.377. The van der Waals surface area contributed by atoms with Gasteiger partial charge in [0, 0.05) is 30.5 Å². The van der Waals surface area contributed by atoms with Gasteiger partial charge in [-0.3, -0.25) is 9.78 Å². The number of alkyl halides is 2. The molecule has 2 atom stereocenters. The third-order valence-corrected chi connectivity index (χ3v) is 8.46. The summed E-state index contributed by atoms with van der Waals surface area (Å²) in [4.78, 5) is 35.1. The summed E-state index contributed by atoms with van der Waals surface area (Å²) in [5, 5.41) is -0.263. The first-order valence-corrected chi connectivity index (χ1v) is 14.7. The quantitative estimate of drug-likeness (QED) is 0.242. The number of hydrogen-bond donors (Lipinski definition) is 0. The van der Waals surface area contributed by atoms with Crippen molar-refractivity contribution in [3.63, 3.8) is 0 Å². The standard InChI is InChI=1S/C28H25Cl2F2N3O5S.H2O.H2S/c29-19-13-33-14-20(30)18(19)12-23(17-6-7-22(40-28(31)32)24(11-17)38-15-16-4-5-16)39-27(37)26-35(9-10-41-26)25(36)21-3-1-2-8-34-21;;/h1-3,6-8,11,13-14,16,23,26,28H,4-5,9-10,12,15H2;2*1H2/t23-,26?;;/m0../s1. The van der Waals surface area contributed by atoms with Crippen LogP contribution in [0.1, 0.15) is 40.6 Å². The Labute approximate surface area is 268 Å².